The number of thiazole rings is 1. The van der Waals surface area contributed by atoms with E-state index >= 15 is 0 Å². The average molecular weight is 277 g/mol. The minimum absolute atomic E-state index is 0.0851. The summed E-state index contributed by atoms with van der Waals surface area (Å²) in [5, 5.41) is 3.09. The monoisotopic (exact) mass is 277 g/mol. The number of hydrogen-bond donors (Lipinski definition) is 2. The number of amides is 1. The van der Waals surface area contributed by atoms with Crippen molar-refractivity contribution in [3.05, 3.63) is 34.3 Å². The Morgan fingerprint density at radius 3 is 3.21 bits per heavy atom. The second-order valence-electron chi connectivity index (χ2n) is 4.43. The molecule has 1 unspecified atom stereocenters. The maximum absolute atomic E-state index is 12.6. The van der Waals surface area contributed by atoms with Crippen LogP contribution in [-0.2, 0) is 17.8 Å². The van der Waals surface area contributed by atoms with Crippen LogP contribution in [0.5, 0.6) is 0 Å². The minimum Gasteiger partial charge on any atom is -0.347 e. The second kappa shape index (κ2) is 5.10. The smallest absolute Gasteiger partial charge is 0.245 e. The molecule has 0 bridgehead atoms. The van der Waals surface area contributed by atoms with Crippen LogP contribution in [0.2, 0.25) is 0 Å². The molecule has 0 aromatic carbocycles. The van der Waals surface area contributed by atoms with Crippen molar-refractivity contribution < 1.29 is 4.79 Å². The van der Waals surface area contributed by atoms with Crippen molar-refractivity contribution in [1.82, 2.24) is 25.2 Å². The third-order valence-electron chi connectivity index (χ3n) is 3.30. The first-order chi connectivity index (χ1) is 9.29. The van der Waals surface area contributed by atoms with E-state index in [-0.39, 0.29) is 11.9 Å². The molecule has 1 atom stereocenters. The topological polar surface area (TPSA) is 73.9 Å². The Balaban J connectivity index is 1.85. The summed E-state index contributed by atoms with van der Waals surface area (Å²) >= 11 is 1.54. The maximum atomic E-state index is 12.6. The molecule has 3 heterocycles. The Morgan fingerprint density at radius 1 is 1.58 bits per heavy atom. The van der Waals surface area contributed by atoms with Crippen LogP contribution in [0, 0.1) is 0 Å². The Labute approximate surface area is 114 Å². The number of aromatic amines is 1. The molecule has 0 fully saturated rings. The van der Waals surface area contributed by atoms with E-state index in [0.29, 0.717) is 13.1 Å². The molecule has 2 N–H and O–H groups in total. The highest BCUT2D eigenvalue weighted by Crippen LogP contribution is 2.27. The zero-order chi connectivity index (χ0) is 13.2. The lowest BCUT2D eigenvalue weighted by atomic mass is 10.2. The third-order valence-corrected chi connectivity index (χ3v) is 4.23. The fourth-order valence-corrected chi connectivity index (χ4v) is 3.26. The first kappa shape index (κ1) is 12.3. The van der Waals surface area contributed by atoms with E-state index in [4.69, 9.17) is 0 Å². The van der Waals surface area contributed by atoms with Gasteiger partial charge in [-0.15, -0.1) is 11.3 Å². The average Bonchev–Trinajstić information content (AvgIpc) is 3.04. The summed E-state index contributed by atoms with van der Waals surface area (Å²) in [5.41, 5.74) is 2.84. The van der Waals surface area contributed by atoms with E-state index in [0.717, 1.165) is 22.8 Å². The van der Waals surface area contributed by atoms with Crippen LogP contribution < -0.4 is 5.32 Å². The number of imidazole rings is 1. The van der Waals surface area contributed by atoms with E-state index in [1.807, 2.05) is 17.5 Å². The molecule has 0 spiro atoms. The van der Waals surface area contributed by atoms with Crippen molar-refractivity contribution in [3.63, 3.8) is 0 Å². The summed E-state index contributed by atoms with van der Waals surface area (Å²) in [6.07, 6.45) is 4.26. The number of rotatable bonds is 3. The van der Waals surface area contributed by atoms with Crippen LogP contribution in [-0.4, -0.2) is 39.4 Å². The molecule has 1 aliphatic rings. The Hall–Kier alpha value is -1.73. The summed E-state index contributed by atoms with van der Waals surface area (Å²) in [6, 6.07) is -0.292. The molecule has 19 heavy (non-hydrogen) atoms. The molecule has 6 nitrogen and oxygen atoms in total. The van der Waals surface area contributed by atoms with Gasteiger partial charge in [-0.25, -0.2) is 9.97 Å². The Bertz CT molecular complexity index is 564. The standard InChI is InChI=1S/C12H15N5OS/c1-13-10-11-8(16-7-19-11)2-5-17(12(10)18)6-9-14-3-4-15-9/h3-4,7,10,13H,2,5-6H2,1H3,(H,14,15). The molecule has 2 aromatic rings. The fourth-order valence-electron chi connectivity index (χ4n) is 2.32. The zero-order valence-electron chi connectivity index (χ0n) is 10.6. The predicted molar refractivity (Wildman–Crippen MR) is 71.6 cm³/mol. The molecule has 7 heteroatoms. The van der Waals surface area contributed by atoms with Gasteiger partial charge in [0.15, 0.2) is 0 Å². The van der Waals surface area contributed by atoms with Crippen LogP contribution >= 0.6 is 11.3 Å². The fraction of sp³-hybridized carbons (Fsp3) is 0.417. The molecule has 3 rings (SSSR count). The molecule has 1 aliphatic heterocycles. The van der Waals surface area contributed by atoms with Crippen LogP contribution in [0.4, 0.5) is 0 Å². The molecule has 2 aromatic heterocycles. The number of carbonyl (C=O) groups is 1. The zero-order valence-corrected chi connectivity index (χ0v) is 11.4. The number of carbonyl (C=O) groups excluding carboxylic acids is 1. The minimum atomic E-state index is -0.292. The van der Waals surface area contributed by atoms with E-state index in [1.54, 1.807) is 23.7 Å². The highest BCUT2D eigenvalue weighted by Gasteiger charge is 2.31. The second-order valence-corrected chi connectivity index (χ2v) is 5.32. The van der Waals surface area contributed by atoms with Crippen molar-refractivity contribution in [3.8, 4) is 0 Å². The Morgan fingerprint density at radius 2 is 2.47 bits per heavy atom. The van der Waals surface area contributed by atoms with E-state index < -0.39 is 0 Å². The molecular formula is C12H15N5OS. The number of likely N-dealkylation sites (N-methyl/N-ethyl adjacent to an activating group) is 1. The normalized spacial score (nSPS) is 19.3. The number of H-pyrrole nitrogens is 1. The summed E-state index contributed by atoms with van der Waals surface area (Å²) in [5.74, 6) is 0.892. The molecule has 100 valence electrons. The van der Waals surface area contributed by atoms with Gasteiger partial charge in [-0.2, -0.15) is 0 Å². The first-order valence-electron chi connectivity index (χ1n) is 6.16. The summed E-state index contributed by atoms with van der Waals surface area (Å²) < 4.78 is 0. The number of nitrogens with zero attached hydrogens (tertiary/aromatic N) is 3. The number of nitrogens with one attached hydrogen (secondary N) is 2. The predicted octanol–water partition coefficient (Wildman–Crippen LogP) is 0.712. The number of fused-ring (bicyclic) bond motifs is 1. The number of aromatic nitrogens is 3. The van der Waals surface area contributed by atoms with Crippen molar-refractivity contribution in [2.45, 2.75) is 19.0 Å². The lowest BCUT2D eigenvalue weighted by Gasteiger charge is -2.23. The summed E-state index contributed by atoms with van der Waals surface area (Å²) in [4.78, 5) is 27.0. The van der Waals surface area contributed by atoms with E-state index in [9.17, 15) is 4.79 Å². The molecule has 0 saturated carbocycles. The van der Waals surface area contributed by atoms with E-state index in [1.165, 1.54) is 0 Å². The lowest BCUT2D eigenvalue weighted by molar-refractivity contribution is -0.133. The van der Waals surface area contributed by atoms with Gasteiger partial charge in [0.2, 0.25) is 5.91 Å². The molecule has 0 aliphatic carbocycles. The van der Waals surface area contributed by atoms with Crippen LogP contribution in [0.15, 0.2) is 17.9 Å². The van der Waals surface area contributed by atoms with Gasteiger partial charge in [0.25, 0.3) is 0 Å². The van der Waals surface area contributed by atoms with Crippen molar-refractivity contribution in [2.24, 2.45) is 0 Å². The highest BCUT2D eigenvalue weighted by molar-refractivity contribution is 7.10. The van der Waals surface area contributed by atoms with Gasteiger partial charge >= 0.3 is 0 Å². The van der Waals surface area contributed by atoms with Crippen molar-refractivity contribution >= 4 is 17.2 Å². The van der Waals surface area contributed by atoms with Gasteiger partial charge in [-0.1, -0.05) is 0 Å². The number of hydrogen-bond acceptors (Lipinski definition) is 5. The SMILES string of the molecule is CNC1C(=O)N(Cc2ncc[nH]2)CCc2ncsc21. The van der Waals surface area contributed by atoms with Gasteiger partial charge < -0.3 is 15.2 Å². The van der Waals surface area contributed by atoms with Crippen LogP contribution in [0.1, 0.15) is 22.4 Å². The molecular weight excluding hydrogens is 262 g/mol. The lowest BCUT2D eigenvalue weighted by Crippen LogP contribution is -2.38. The van der Waals surface area contributed by atoms with Crippen LogP contribution in [0.25, 0.3) is 0 Å². The van der Waals surface area contributed by atoms with Gasteiger partial charge in [-0.05, 0) is 7.05 Å². The summed E-state index contributed by atoms with van der Waals surface area (Å²) in [6.45, 7) is 1.19. The molecule has 0 radical (unpaired) electrons. The Kier molecular flexibility index (Phi) is 3.31. The van der Waals surface area contributed by atoms with Gasteiger partial charge in [0.05, 0.1) is 22.6 Å². The van der Waals surface area contributed by atoms with Crippen molar-refractivity contribution in [1.29, 1.82) is 0 Å². The first-order valence-corrected chi connectivity index (χ1v) is 7.04. The quantitative estimate of drug-likeness (QED) is 0.866. The van der Waals surface area contributed by atoms with Crippen LogP contribution in [0.3, 0.4) is 0 Å². The maximum Gasteiger partial charge on any atom is 0.245 e. The van der Waals surface area contributed by atoms with Gasteiger partial charge in [-0.3, -0.25) is 4.79 Å². The molecule has 0 saturated heterocycles. The van der Waals surface area contributed by atoms with Crippen molar-refractivity contribution in [2.75, 3.05) is 13.6 Å². The third kappa shape index (κ3) is 2.26. The highest BCUT2D eigenvalue weighted by atomic mass is 32.1. The van der Waals surface area contributed by atoms with Gasteiger partial charge in [0.1, 0.15) is 11.9 Å². The largest absolute Gasteiger partial charge is 0.347 e. The molecule has 1 amide bonds. The van der Waals surface area contributed by atoms with Gasteiger partial charge in [0, 0.05) is 25.4 Å². The summed E-state index contributed by atoms with van der Waals surface area (Å²) in [7, 11) is 1.81. The van der Waals surface area contributed by atoms with E-state index in [2.05, 4.69) is 20.3 Å².